The normalized spacial score (nSPS) is 22.8. The predicted octanol–water partition coefficient (Wildman–Crippen LogP) is 1.63. The van der Waals surface area contributed by atoms with Crippen LogP contribution in [0.3, 0.4) is 0 Å². The monoisotopic (exact) mass is 298 g/mol. The Morgan fingerprint density at radius 3 is 2.50 bits per heavy atom. The second-order valence-electron chi connectivity index (χ2n) is 5.84. The first-order valence-electron chi connectivity index (χ1n) is 7.07. The van der Waals surface area contributed by atoms with Crippen LogP contribution in [0.1, 0.15) is 19.4 Å². The van der Waals surface area contributed by atoms with Crippen LogP contribution in [0.2, 0.25) is 5.02 Å². The molecule has 20 heavy (non-hydrogen) atoms. The van der Waals surface area contributed by atoms with Crippen molar-refractivity contribution >= 4 is 17.3 Å². The summed E-state index contributed by atoms with van der Waals surface area (Å²) in [4.78, 5) is 1.95. The zero-order valence-electron chi connectivity index (χ0n) is 12.0. The Hall–Kier alpha value is -0.810. The standard InChI is InChI=1S/C15H23ClN2O2/c1-10(2)6-17-7-11-3-4-12(5-13(11)16)18-8-14(19)15(20)9-18/h3-5,10,14-15,17,19-20H,6-9H2,1-2H3. The lowest BCUT2D eigenvalue weighted by molar-refractivity contribution is 0.0572. The highest BCUT2D eigenvalue weighted by Gasteiger charge is 2.29. The first-order valence-corrected chi connectivity index (χ1v) is 7.45. The zero-order valence-corrected chi connectivity index (χ0v) is 12.8. The minimum atomic E-state index is -0.679. The van der Waals surface area contributed by atoms with E-state index in [4.69, 9.17) is 11.6 Å². The van der Waals surface area contributed by atoms with Crippen molar-refractivity contribution in [1.29, 1.82) is 0 Å². The topological polar surface area (TPSA) is 55.7 Å². The van der Waals surface area contributed by atoms with Gasteiger partial charge in [0.15, 0.2) is 0 Å². The lowest BCUT2D eigenvalue weighted by atomic mass is 10.1. The Kier molecular flexibility index (Phi) is 5.27. The van der Waals surface area contributed by atoms with Crippen LogP contribution in [0, 0.1) is 5.92 Å². The number of halogens is 1. The van der Waals surface area contributed by atoms with E-state index in [0.717, 1.165) is 29.4 Å². The van der Waals surface area contributed by atoms with E-state index in [1.165, 1.54) is 0 Å². The number of hydrogen-bond acceptors (Lipinski definition) is 4. The Labute approximate surface area is 125 Å². The van der Waals surface area contributed by atoms with E-state index in [1.807, 2.05) is 23.1 Å². The Bertz CT molecular complexity index is 443. The molecule has 0 aromatic heterocycles. The van der Waals surface area contributed by atoms with Crippen molar-refractivity contribution in [3.8, 4) is 0 Å². The number of anilines is 1. The molecule has 112 valence electrons. The molecule has 5 heteroatoms. The number of nitrogens with one attached hydrogen (secondary N) is 1. The molecule has 0 amide bonds. The molecule has 0 spiro atoms. The number of nitrogens with zero attached hydrogens (tertiary/aromatic N) is 1. The first kappa shape index (κ1) is 15.6. The largest absolute Gasteiger partial charge is 0.389 e. The van der Waals surface area contributed by atoms with Gasteiger partial charge in [-0.25, -0.2) is 0 Å². The maximum atomic E-state index is 9.59. The second-order valence-corrected chi connectivity index (χ2v) is 6.25. The molecular formula is C15H23ClN2O2. The molecule has 1 heterocycles. The highest BCUT2D eigenvalue weighted by molar-refractivity contribution is 6.31. The summed E-state index contributed by atoms with van der Waals surface area (Å²) in [6, 6.07) is 5.89. The maximum absolute atomic E-state index is 9.59. The lowest BCUT2D eigenvalue weighted by Gasteiger charge is -2.19. The second kappa shape index (κ2) is 6.76. The molecule has 0 bridgehead atoms. The molecule has 3 N–H and O–H groups in total. The third-order valence-electron chi connectivity index (χ3n) is 3.53. The van der Waals surface area contributed by atoms with Crippen molar-refractivity contribution in [2.24, 2.45) is 5.92 Å². The van der Waals surface area contributed by atoms with Gasteiger partial charge in [0.05, 0.1) is 12.2 Å². The van der Waals surface area contributed by atoms with Crippen molar-refractivity contribution in [1.82, 2.24) is 5.32 Å². The quantitative estimate of drug-likeness (QED) is 0.773. The van der Waals surface area contributed by atoms with E-state index in [2.05, 4.69) is 19.2 Å². The zero-order chi connectivity index (χ0) is 14.7. The van der Waals surface area contributed by atoms with E-state index < -0.39 is 12.2 Å². The lowest BCUT2D eigenvalue weighted by Crippen LogP contribution is -2.22. The smallest absolute Gasteiger partial charge is 0.0990 e. The van der Waals surface area contributed by atoms with Crippen LogP contribution >= 0.6 is 11.6 Å². The minimum absolute atomic E-state index is 0.447. The molecule has 0 radical (unpaired) electrons. The summed E-state index contributed by atoms with van der Waals surface area (Å²) in [5.74, 6) is 0.612. The van der Waals surface area contributed by atoms with Gasteiger partial charge in [0.2, 0.25) is 0 Å². The summed E-state index contributed by atoms with van der Waals surface area (Å²) < 4.78 is 0. The van der Waals surface area contributed by atoms with E-state index in [-0.39, 0.29) is 0 Å². The number of aliphatic hydroxyl groups excluding tert-OH is 2. The molecule has 1 aliphatic rings. The number of benzene rings is 1. The van der Waals surface area contributed by atoms with Crippen molar-refractivity contribution in [3.05, 3.63) is 28.8 Å². The minimum Gasteiger partial charge on any atom is -0.389 e. The third-order valence-corrected chi connectivity index (χ3v) is 3.88. The number of β-amino-alcohol motifs (C(OH)–C–C–N with tert-alkyl or cyclic N) is 2. The van der Waals surface area contributed by atoms with Crippen molar-refractivity contribution in [2.75, 3.05) is 24.5 Å². The van der Waals surface area contributed by atoms with E-state index in [0.29, 0.717) is 19.0 Å². The van der Waals surface area contributed by atoms with Gasteiger partial charge in [0.1, 0.15) is 0 Å². The van der Waals surface area contributed by atoms with Crippen LogP contribution in [-0.2, 0) is 6.54 Å². The number of aliphatic hydroxyl groups is 2. The molecule has 1 aromatic carbocycles. The summed E-state index contributed by atoms with van der Waals surface area (Å²) in [5.41, 5.74) is 2.01. The van der Waals surface area contributed by atoms with E-state index in [1.54, 1.807) is 0 Å². The number of hydrogen-bond donors (Lipinski definition) is 3. The molecule has 0 aliphatic carbocycles. The van der Waals surface area contributed by atoms with Crippen LogP contribution in [0.15, 0.2) is 18.2 Å². The van der Waals surface area contributed by atoms with Crippen molar-refractivity contribution < 1.29 is 10.2 Å². The Balaban J connectivity index is 1.99. The average Bonchev–Trinajstić information content (AvgIpc) is 2.71. The summed E-state index contributed by atoms with van der Waals surface area (Å²) in [6.07, 6.45) is -1.36. The average molecular weight is 299 g/mol. The fourth-order valence-electron chi connectivity index (χ4n) is 2.35. The molecule has 2 unspecified atom stereocenters. The first-order chi connectivity index (χ1) is 9.47. The highest BCUT2D eigenvalue weighted by atomic mass is 35.5. The van der Waals surface area contributed by atoms with Crippen molar-refractivity contribution in [2.45, 2.75) is 32.6 Å². The maximum Gasteiger partial charge on any atom is 0.0990 e. The molecule has 1 aliphatic heterocycles. The molecule has 1 aromatic rings. The fourth-order valence-corrected chi connectivity index (χ4v) is 2.59. The number of rotatable bonds is 5. The van der Waals surface area contributed by atoms with Crippen LogP contribution in [0.4, 0.5) is 5.69 Å². The molecule has 2 rings (SSSR count). The third kappa shape index (κ3) is 3.85. The molecule has 1 saturated heterocycles. The SMILES string of the molecule is CC(C)CNCc1ccc(N2CC(O)C(O)C2)cc1Cl. The predicted molar refractivity (Wildman–Crippen MR) is 82.2 cm³/mol. The summed E-state index contributed by atoms with van der Waals surface area (Å²) in [5, 5.41) is 23.3. The van der Waals surface area contributed by atoms with Gasteiger partial charge in [-0.1, -0.05) is 31.5 Å². The van der Waals surface area contributed by atoms with Gasteiger partial charge in [-0.15, -0.1) is 0 Å². The van der Waals surface area contributed by atoms with Crippen LogP contribution in [0.25, 0.3) is 0 Å². The van der Waals surface area contributed by atoms with Crippen molar-refractivity contribution in [3.63, 3.8) is 0 Å². The van der Waals surface area contributed by atoms with Gasteiger partial charge in [-0.3, -0.25) is 0 Å². The van der Waals surface area contributed by atoms with Crippen LogP contribution < -0.4 is 10.2 Å². The highest BCUT2D eigenvalue weighted by Crippen LogP contribution is 2.26. The summed E-state index contributed by atoms with van der Waals surface area (Å²) in [6.45, 7) is 6.94. The van der Waals surface area contributed by atoms with Crippen LogP contribution in [-0.4, -0.2) is 42.1 Å². The van der Waals surface area contributed by atoms with Gasteiger partial charge in [0, 0.05) is 30.3 Å². The molecular weight excluding hydrogens is 276 g/mol. The summed E-state index contributed by atoms with van der Waals surface area (Å²) >= 11 is 6.30. The Morgan fingerprint density at radius 1 is 1.30 bits per heavy atom. The molecule has 1 fully saturated rings. The van der Waals surface area contributed by atoms with Crippen LogP contribution in [0.5, 0.6) is 0 Å². The molecule has 0 saturated carbocycles. The summed E-state index contributed by atoms with van der Waals surface area (Å²) in [7, 11) is 0. The van der Waals surface area contributed by atoms with Gasteiger partial charge in [-0.05, 0) is 30.2 Å². The van der Waals surface area contributed by atoms with Gasteiger partial charge < -0.3 is 20.4 Å². The Morgan fingerprint density at radius 2 is 1.95 bits per heavy atom. The van der Waals surface area contributed by atoms with Gasteiger partial charge in [-0.2, -0.15) is 0 Å². The van der Waals surface area contributed by atoms with Gasteiger partial charge >= 0.3 is 0 Å². The molecule has 4 nitrogen and oxygen atoms in total. The van der Waals surface area contributed by atoms with E-state index >= 15 is 0 Å². The van der Waals surface area contributed by atoms with Gasteiger partial charge in [0.25, 0.3) is 0 Å². The molecule has 2 atom stereocenters. The van der Waals surface area contributed by atoms with E-state index in [9.17, 15) is 10.2 Å². The fraction of sp³-hybridized carbons (Fsp3) is 0.600.